The molecule has 6 N–H and O–H groups in total. The van der Waals surface area contributed by atoms with Gasteiger partial charge in [0.25, 0.3) is 0 Å². The maximum Gasteiger partial charge on any atom is 0.317 e. The molecule has 1 fully saturated rings. The van der Waals surface area contributed by atoms with Gasteiger partial charge in [-0.15, -0.1) is 0 Å². The van der Waals surface area contributed by atoms with E-state index in [4.69, 9.17) is 4.74 Å². The molecule has 0 amide bonds. The van der Waals surface area contributed by atoms with Crippen LogP contribution >= 0.6 is 0 Å². The van der Waals surface area contributed by atoms with Crippen molar-refractivity contribution >= 4 is 23.9 Å². The molecule has 2 rings (SSSR count). The number of hydrogen-bond donors (Lipinski definition) is 6. The zero-order chi connectivity index (χ0) is 25.3. The Kier molecular flexibility index (Phi) is 9.74. The third-order valence-corrected chi connectivity index (χ3v) is 5.42. The number of nitrogens with zero attached hydrogens (tertiary/aromatic N) is 2. The van der Waals surface area contributed by atoms with E-state index in [1.165, 1.54) is 4.90 Å². The lowest BCUT2D eigenvalue weighted by Crippen LogP contribution is -2.73. The Morgan fingerprint density at radius 2 is 1.47 bits per heavy atom. The summed E-state index contributed by atoms with van der Waals surface area (Å²) in [7, 11) is 1.54. The van der Waals surface area contributed by atoms with Gasteiger partial charge in [-0.25, -0.2) is 0 Å². The van der Waals surface area contributed by atoms with Gasteiger partial charge in [0.15, 0.2) is 0 Å². The number of hydrogen-bond acceptors (Lipinski definition) is 9. The topological polar surface area (TPSA) is 189 Å². The molecule has 1 atom stereocenters. The quantitative estimate of drug-likeness (QED) is 0.181. The molecule has 0 spiro atoms. The van der Waals surface area contributed by atoms with Gasteiger partial charge >= 0.3 is 23.9 Å². The third kappa shape index (κ3) is 8.26. The summed E-state index contributed by atoms with van der Waals surface area (Å²) in [6.45, 7) is -1.90. The van der Waals surface area contributed by atoms with Gasteiger partial charge in [-0.3, -0.25) is 39.6 Å². The van der Waals surface area contributed by atoms with Gasteiger partial charge in [-0.05, 0) is 30.0 Å². The minimum Gasteiger partial charge on any atom is -0.497 e. The first-order chi connectivity index (χ1) is 16.0. The van der Waals surface area contributed by atoms with Crippen LogP contribution in [0.15, 0.2) is 24.3 Å². The fourth-order valence-electron chi connectivity index (χ4n) is 4.12. The van der Waals surface area contributed by atoms with Gasteiger partial charge in [-0.2, -0.15) is 0 Å². The summed E-state index contributed by atoms with van der Waals surface area (Å²) < 4.78 is 5.16. The summed E-state index contributed by atoms with van der Waals surface area (Å²) in [4.78, 5) is 48.8. The largest absolute Gasteiger partial charge is 0.497 e. The van der Waals surface area contributed by atoms with Crippen LogP contribution in [0, 0.1) is 5.92 Å². The number of carbonyl (C=O) groups is 4. The molecule has 1 aliphatic rings. The van der Waals surface area contributed by atoms with Crippen molar-refractivity contribution in [2.45, 2.75) is 12.2 Å². The van der Waals surface area contributed by atoms with Gasteiger partial charge in [0.05, 0.1) is 33.3 Å². The Labute approximate surface area is 195 Å². The average Bonchev–Trinajstić information content (AvgIpc) is 2.87. The monoisotopic (exact) mass is 482 g/mol. The van der Waals surface area contributed by atoms with Crippen LogP contribution in [0.5, 0.6) is 5.75 Å². The zero-order valence-electron chi connectivity index (χ0n) is 18.8. The first-order valence-corrected chi connectivity index (χ1v) is 10.5. The fourth-order valence-corrected chi connectivity index (χ4v) is 4.12. The van der Waals surface area contributed by atoms with E-state index < -0.39 is 55.8 Å². The van der Waals surface area contributed by atoms with E-state index in [1.807, 2.05) is 12.1 Å². The number of rotatable bonds is 13. The van der Waals surface area contributed by atoms with Crippen LogP contribution in [0.2, 0.25) is 0 Å². The Hall–Kier alpha value is -3.26. The number of methoxy groups -OCH3 is 1. The summed E-state index contributed by atoms with van der Waals surface area (Å²) in [5.74, 6) is -5.99. The molecule has 1 unspecified atom stereocenters. The van der Waals surface area contributed by atoms with Crippen LogP contribution in [-0.2, 0) is 25.6 Å². The Morgan fingerprint density at radius 1 is 0.912 bits per heavy atom. The van der Waals surface area contributed by atoms with Crippen molar-refractivity contribution in [3.63, 3.8) is 0 Å². The van der Waals surface area contributed by atoms with E-state index >= 15 is 0 Å². The lowest BCUT2D eigenvalue weighted by molar-refractivity contribution is -0.145. The smallest absolute Gasteiger partial charge is 0.317 e. The van der Waals surface area contributed by atoms with Crippen LogP contribution in [0.1, 0.15) is 5.56 Å². The minimum atomic E-state index is -1.61. The Morgan fingerprint density at radius 3 is 1.94 bits per heavy atom. The van der Waals surface area contributed by atoms with E-state index in [2.05, 4.69) is 10.6 Å². The molecule has 0 aliphatic carbocycles. The molecule has 0 saturated carbocycles. The van der Waals surface area contributed by atoms with Crippen molar-refractivity contribution in [3.05, 3.63) is 29.8 Å². The van der Waals surface area contributed by atoms with Gasteiger partial charge in [-0.1, -0.05) is 12.1 Å². The number of aliphatic carboxylic acids is 4. The van der Waals surface area contributed by atoms with Crippen molar-refractivity contribution in [1.29, 1.82) is 0 Å². The second-order valence-corrected chi connectivity index (χ2v) is 8.11. The number of carboxylic acid groups (broad SMARTS) is 4. The van der Waals surface area contributed by atoms with Crippen molar-refractivity contribution < 1.29 is 44.3 Å². The van der Waals surface area contributed by atoms with E-state index in [9.17, 15) is 39.6 Å². The number of carboxylic acids is 4. The summed E-state index contributed by atoms with van der Waals surface area (Å²) in [5.41, 5.74) is 0.917. The van der Waals surface area contributed by atoms with Crippen LogP contribution in [0.3, 0.4) is 0 Å². The molecule has 1 aromatic rings. The van der Waals surface area contributed by atoms with Gasteiger partial charge < -0.3 is 25.2 Å². The van der Waals surface area contributed by atoms with Gasteiger partial charge in [0.1, 0.15) is 11.5 Å². The normalized spacial score (nSPS) is 18.7. The van der Waals surface area contributed by atoms with Gasteiger partial charge in [0, 0.05) is 19.6 Å². The maximum atomic E-state index is 11.7. The second kappa shape index (κ2) is 12.3. The van der Waals surface area contributed by atoms with Crippen LogP contribution in [-0.4, -0.2) is 113 Å². The maximum absolute atomic E-state index is 11.7. The fraction of sp³-hybridized carbons (Fsp3) is 0.524. The third-order valence-electron chi connectivity index (χ3n) is 5.42. The Balaban J connectivity index is 2.44. The molecule has 0 radical (unpaired) electrons. The molecule has 13 heteroatoms. The molecule has 13 nitrogen and oxygen atoms in total. The number of ether oxygens (including phenoxy) is 1. The molecule has 0 bridgehead atoms. The van der Waals surface area contributed by atoms with Crippen molar-refractivity contribution in [3.8, 4) is 5.75 Å². The lowest BCUT2D eigenvalue weighted by Gasteiger charge is -2.44. The van der Waals surface area contributed by atoms with Crippen LogP contribution in [0.25, 0.3) is 0 Å². The number of benzene rings is 1. The highest BCUT2D eigenvalue weighted by atomic mass is 16.5. The molecule has 188 valence electrons. The predicted molar refractivity (Wildman–Crippen MR) is 117 cm³/mol. The summed E-state index contributed by atoms with van der Waals surface area (Å²) in [6.07, 6.45) is 0.476. The molecule has 1 heterocycles. The summed E-state index contributed by atoms with van der Waals surface area (Å²) in [5, 5.41) is 42.8. The van der Waals surface area contributed by atoms with E-state index in [-0.39, 0.29) is 25.6 Å². The van der Waals surface area contributed by atoms with Gasteiger partial charge in [0.2, 0.25) is 0 Å². The molecule has 34 heavy (non-hydrogen) atoms. The first-order valence-electron chi connectivity index (χ1n) is 10.5. The molecule has 1 saturated heterocycles. The first kappa shape index (κ1) is 27.0. The highest BCUT2D eigenvalue weighted by molar-refractivity contribution is 5.71. The second-order valence-electron chi connectivity index (χ2n) is 8.11. The van der Waals surface area contributed by atoms with Crippen molar-refractivity contribution in [2.75, 3.05) is 52.9 Å². The van der Waals surface area contributed by atoms with Crippen molar-refractivity contribution in [1.82, 2.24) is 20.4 Å². The minimum absolute atomic E-state index is 0.133. The molecular formula is C21H30N4O9. The molecule has 1 aliphatic heterocycles. The molecule has 0 aromatic heterocycles. The van der Waals surface area contributed by atoms with E-state index in [1.54, 1.807) is 24.1 Å². The summed E-state index contributed by atoms with van der Waals surface area (Å²) in [6, 6.07) is 7.27. The van der Waals surface area contributed by atoms with Crippen molar-refractivity contribution in [2.24, 2.45) is 5.92 Å². The predicted octanol–water partition coefficient (Wildman–Crippen LogP) is -1.36. The zero-order valence-corrected chi connectivity index (χ0v) is 18.8. The molecule has 1 aromatic carbocycles. The number of nitrogens with one attached hydrogen (secondary N) is 2. The van der Waals surface area contributed by atoms with Crippen LogP contribution in [0.4, 0.5) is 0 Å². The Bertz CT molecular complexity index is 859. The molecular weight excluding hydrogens is 452 g/mol. The summed E-state index contributed by atoms with van der Waals surface area (Å²) >= 11 is 0. The standard InChI is InChI=1S/C21H30N4O9/c1-34-16-4-2-14(3-5-16)6-15-9-24(11-19(30)31)13-21(22-7-17(26)27,23-8-18(28)29)25(10-15)12-20(32)33/h2-5,15,22-23H,6-13H2,1H3,(H,26,27)(H,28,29)(H,30,31)(H,32,33). The van der Waals surface area contributed by atoms with Crippen LogP contribution < -0.4 is 15.4 Å². The SMILES string of the molecule is COc1ccc(CC2CN(CC(=O)O)CC(NCC(=O)O)(NCC(=O)O)N(CC(=O)O)C2)cc1. The highest BCUT2D eigenvalue weighted by Crippen LogP contribution is 2.23. The van der Waals surface area contributed by atoms with E-state index in [0.29, 0.717) is 12.2 Å². The average molecular weight is 482 g/mol. The highest BCUT2D eigenvalue weighted by Gasteiger charge is 2.44. The lowest BCUT2D eigenvalue weighted by atomic mass is 9.98. The van der Waals surface area contributed by atoms with E-state index in [0.717, 1.165) is 5.56 Å².